The molecule has 0 atom stereocenters. The fourth-order valence-corrected chi connectivity index (χ4v) is 2.50. The molecule has 23 heavy (non-hydrogen) atoms. The first-order valence-corrected chi connectivity index (χ1v) is 7.52. The predicted octanol–water partition coefficient (Wildman–Crippen LogP) is 2.22. The van der Waals surface area contributed by atoms with E-state index in [-0.39, 0.29) is 0 Å². The van der Waals surface area contributed by atoms with Gasteiger partial charge in [-0.1, -0.05) is 5.16 Å². The van der Waals surface area contributed by atoms with Crippen molar-refractivity contribution >= 4 is 0 Å². The van der Waals surface area contributed by atoms with E-state index < -0.39 is 0 Å². The van der Waals surface area contributed by atoms with Crippen LogP contribution in [-0.2, 0) is 11.3 Å². The van der Waals surface area contributed by atoms with Crippen LogP contribution in [0.3, 0.4) is 0 Å². The number of ether oxygens (including phenoxy) is 1. The van der Waals surface area contributed by atoms with Crippen molar-refractivity contribution in [3.8, 4) is 23.0 Å². The Morgan fingerprint density at radius 1 is 1.04 bits per heavy atom. The second kappa shape index (κ2) is 6.31. The van der Waals surface area contributed by atoms with Gasteiger partial charge in [0.05, 0.1) is 19.8 Å². The number of furan rings is 1. The molecule has 7 heteroatoms. The van der Waals surface area contributed by atoms with Gasteiger partial charge in [-0.3, -0.25) is 9.88 Å². The van der Waals surface area contributed by atoms with Crippen LogP contribution in [-0.4, -0.2) is 46.3 Å². The number of hydrogen-bond acceptors (Lipinski definition) is 7. The molecule has 0 N–H and O–H groups in total. The van der Waals surface area contributed by atoms with Crippen molar-refractivity contribution in [3.05, 3.63) is 42.4 Å². The molecule has 0 amide bonds. The molecule has 1 fully saturated rings. The highest BCUT2D eigenvalue weighted by Crippen LogP contribution is 2.24. The molecule has 0 saturated carbocycles. The Labute approximate surface area is 132 Å². The van der Waals surface area contributed by atoms with Crippen LogP contribution in [0, 0.1) is 0 Å². The van der Waals surface area contributed by atoms with Gasteiger partial charge in [0, 0.05) is 31.0 Å². The van der Waals surface area contributed by atoms with Gasteiger partial charge in [-0.05, 0) is 24.3 Å². The summed E-state index contributed by atoms with van der Waals surface area (Å²) in [5.74, 6) is 2.37. The molecule has 1 aliphatic rings. The number of morpholine rings is 1. The maximum atomic E-state index is 5.83. The number of hydrogen-bond donors (Lipinski definition) is 0. The van der Waals surface area contributed by atoms with Crippen molar-refractivity contribution in [2.75, 3.05) is 26.3 Å². The standard InChI is InChI=1S/C16H16N4O3/c1-2-14(22-13(1)11-20-7-9-21-10-8-20)16-18-15(19-23-16)12-3-5-17-6-4-12/h1-6H,7-11H2. The summed E-state index contributed by atoms with van der Waals surface area (Å²) in [4.78, 5) is 10.6. The zero-order chi connectivity index (χ0) is 15.5. The van der Waals surface area contributed by atoms with Gasteiger partial charge in [0.15, 0.2) is 5.76 Å². The van der Waals surface area contributed by atoms with Crippen LogP contribution in [0.4, 0.5) is 0 Å². The first-order valence-electron chi connectivity index (χ1n) is 7.52. The van der Waals surface area contributed by atoms with Crippen molar-refractivity contribution in [2.24, 2.45) is 0 Å². The fourth-order valence-electron chi connectivity index (χ4n) is 2.50. The smallest absolute Gasteiger partial charge is 0.293 e. The highest BCUT2D eigenvalue weighted by atomic mass is 16.5. The lowest BCUT2D eigenvalue weighted by molar-refractivity contribution is 0.0314. The zero-order valence-corrected chi connectivity index (χ0v) is 12.5. The average molecular weight is 312 g/mol. The molecular weight excluding hydrogens is 296 g/mol. The summed E-state index contributed by atoms with van der Waals surface area (Å²) in [7, 11) is 0. The lowest BCUT2D eigenvalue weighted by Crippen LogP contribution is -2.35. The number of pyridine rings is 1. The molecule has 0 unspecified atom stereocenters. The second-order valence-electron chi connectivity index (χ2n) is 5.31. The van der Waals surface area contributed by atoms with Gasteiger partial charge in [0.25, 0.3) is 5.89 Å². The molecule has 0 aromatic carbocycles. The maximum Gasteiger partial charge on any atom is 0.293 e. The van der Waals surface area contributed by atoms with E-state index in [1.54, 1.807) is 12.4 Å². The minimum absolute atomic E-state index is 0.380. The van der Waals surface area contributed by atoms with Gasteiger partial charge >= 0.3 is 0 Å². The van der Waals surface area contributed by atoms with Gasteiger partial charge in [-0.2, -0.15) is 4.98 Å². The van der Waals surface area contributed by atoms with E-state index in [4.69, 9.17) is 13.7 Å². The summed E-state index contributed by atoms with van der Waals surface area (Å²) in [6, 6.07) is 7.47. The van der Waals surface area contributed by atoms with Crippen LogP contribution in [0.2, 0.25) is 0 Å². The topological polar surface area (TPSA) is 77.4 Å². The largest absolute Gasteiger partial charge is 0.455 e. The molecule has 0 aliphatic carbocycles. The number of nitrogens with zero attached hydrogens (tertiary/aromatic N) is 4. The lowest BCUT2D eigenvalue weighted by Gasteiger charge is -2.25. The Balaban J connectivity index is 1.49. The van der Waals surface area contributed by atoms with Crippen molar-refractivity contribution in [3.63, 3.8) is 0 Å². The Kier molecular flexibility index (Phi) is 3.87. The van der Waals surface area contributed by atoms with Gasteiger partial charge in [0.2, 0.25) is 5.82 Å². The Morgan fingerprint density at radius 2 is 1.87 bits per heavy atom. The quantitative estimate of drug-likeness (QED) is 0.731. The molecule has 0 bridgehead atoms. The van der Waals surface area contributed by atoms with E-state index in [0.717, 1.165) is 44.2 Å². The molecule has 0 spiro atoms. The first kappa shape index (κ1) is 14.1. The van der Waals surface area contributed by atoms with Gasteiger partial charge in [-0.15, -0.1) is 0 Å². The number of rotatable bonds is 4. The minimum atomic E-state index is 0.380. The van der Waals surface area contributed by atoms with Crippen molar-refractivity contribution in [1.29, 1.82) is 0 Å². The SMILES string of the molecule is c1cc(-c2noc(-c3ccc(CN4CCOCC4)o3)n2)ccn1. The fraction of sp³-hybridized carbons (Fsp3) is 0.312. The average Bonchev–Trinajstić information content (AvgIpc) is 3.26. The second-order valence-corrected chi connectivity index (χ2v) is 5.31. The molecule has 7 nitrogen and oxygen atoms in total. The van der Waals surface area contributed by atoms with Crippen molar-refractivity contribution < 1.29 is 13.7 Å². The summed E-state index contributed by atoms with van der Waals surface area (Å²) < 4.78 is 16.5. The monoisotopic (exact) mass is 312 g/mol. The summed E-state index contributed by atoms with van der Waals surface area (Å²) in [6.45, 7) is 4.14. The van der Waals surface area contributed by atoms with E-state index in [1.807, 2.05) is 24.3 Å². The summed E-state index contributed by atoms with van der Waals surface area (Å²) in [6.07, 6.45) is 3.39. The third-order valence-electron chi connectivity index (χ3n) is 3.72. The molecule has 0 radical (unpaired) electrons. The van der Waals surface area contributed by atoms with Crippen LogP contribution >= 0.6 is 0 Å². The van der Waals surface area contributed by atoms with E-state index in [2.05, 4.69) is 20.0 Å². The summed E-state index contributed by atoms with van der Waals surface area (Å²) in [5.41, 5.74) is 0.857. The molecule has 118 valence electrons. The summed E-state index contributed by atoms with van der Waals surface area (Å²) in [5, 5.41) is 3.99. The normalized spacial score (nSPS) is 15.8. The minimum Gasteiger partial charge on any atom is -0.455 e. The highest BCUT2D eigenvalue weighted by Gasteiger charge is 2.16. The van der Waals surface area contributed by atoms with Crippen LogP contribution in [0.15, 0.2) is 45.6 Å². The van der Waals surface area contributed by atoms with E-state index >= 15 is 0 Å². The van der Waals surface area contributed by atoms with Crippen LogP contribution in [0.25, 0.3) is 23.0 Å². The van der Waals surface area contributed by atoms with Crippen LogP contribution in [0.1, 0.15) is 5.76 Å². The van der Waals surface area contributed by atoms with Gasteiger partial charge in [-0.25, -0.2) is 0 Å². The zero-order valence-electron chi connectivity index (χ0n) is 12.5. The van der Waals surface area contributed by atoms with Crippen molar-refractivity contribution in [2.45, 2.75) is 6.54 Å². The lowest BCUT2D eigenvalue weighted by atomic mass is 10.2. The Hall–Kier alpha value is -2.51. The van der Waals surface area contributed by atoms with E-state index in [1.165, 1.54) is 0 Å². The molecule has 4 heterocycles. The highest BCUT2D eigenvalue weighted by molar-refractivity contribution is 5.56. The molecule has 3 aromatic rings. The van der Waals surface area contributed by atoms with Crippen molar-refractivity contribution in [1.82, 2.24) is 20.0 Å². The van der Waals surface area contributed by atoms with Gasteiger partial charge in [0.1, 0.15) is 5.76 Å². The summed E-state index contributed by atoms with van der Waals surface area (Å²) >= 11 is 0. The molecular formula is C16H16N4O3. The molecule has 3 aromatic heterocycles. The molecule has 4 rings (SSSR count). The van der Waals surface area contributed by atoms with E-state index in [9.17, 15) is 0 Å². The van der Waals surface area contributed by atoms with Crippen LogP contribution in [0.5, 0.6) is 0 Å². The molecule has 1 saturated heterocycles. The van der Waals surface area contributed by atoms with Gasteiger partial charge < -0.3 is 13.7 Å². The Morgan fingerprint density at radius 3 is 2.70 bits per heavy atom. The Bertz CT molecular complexity index is 762. The first-order chi connectivity index (χ1) is 11.4. The third kappa shape index (κ3) is 3.15. The predicted molar refractivity (Wildman–Crippen MR) is 81.3 cm³/mol. The van der Waals surface area contributed by atoms with Crippen LogP contribution < -0.4 is 0 Å². The number of aromatic nitrogens is 3. The maximum absolute atomic E-state index is 5.83. The molecule has 1 aliphatic heterocycles. The van der Waals surface area contributed by atoms with E-state index in [0.29, 0.717) is 17.5 Å². The third-order valence-corrected chi connectivity index (χ3v) is 3.72.